The summed E-state index contributed by atoms with van der Waals surface area (Å²) in [6, 6.07) is 5.63. The van der Waals surface area contributed by atoms with E-state index in [1.165, 1.54) is 0 Å². The summed E-state index contributed by atoms with van der Waals surface area (Å²) < 4.78 is 10.3. The average molecular weight is 321 g/mol. The minimum absolute atomic E-state index is 0.0326. The van der Waals surface area contributed by atoms with Gasteiger partial charge in [-0.25, -0.2) is 4.79 Å². The Labute approximate surface area is 138 Å². The molecule has 23 heavy (non-hydrogen) atoms. The number of carbonyl (C=O) groups is 1. The summed E-state index contributed by atoms with van der Waals surface area (Å²) in [5, 5.41) is 2.99. The van der Waals surface area contributed by atoms with Crippen LogP contribution in [-0.4, -0.2) is 69.4 Å². The third-order valence-corrected chi connectivity index (χ3v) is 4.16. The number of piperazine rings is 1. The Bertz CT molecular complexity index is 514. The van der Waals surface area contributed by atoms with Crippen molar-refractivity contribution in [1.82, 2.24) is 9.80 Å². The van der Waals surface area contributed by atoms with Crippen molar-refractivity contribution in [3.05, 3.63) is 23.8 Å². The minimum atomic E-state index is -0.0326. The van der Waals surface area contributed by atoms with Crippen LogP contribution >= 0.6 is 0 Å². The van der Waals surface area contributed by atoms with Gasteiger partial charge in [0.1, 0.15) is 5.75 Å². The Morgan fingerprint density at radius 3 is 2.57 bits per heavy atom. The number of nitrogens with one attached hydrogen (secondary N) is 1. The maximum absolute atomic E-state index is 12.4. The molecule has 0 aliphatic carbocycles. The van der Waals surface area contributed by atoms with Gasteiger partial charge in [-0.2, -0.15) is 0 Å². The molecule has 1 N–H and O–H groups in total. The predicted octanol–water partition coefficient (Wildman–Crippen LogP) is 2.19. The average Bonchev–Trinajstić information content (AvgIpc) is 2.57. The molecule has 1 fully saturated rings. The maximum atomic E-state index is 12.4. The second kappa shape index (κ2) is 8.74. The van der Waals surface area contributed by atoms with E-state index in [1.807, 2.05) is 30.0 Å². The third-order valence-electron chi connectivity index (χ3n) is 4.16. The lowest BCUT2D eigenvalue weighted by molar-refractivity contribution is 0.130. The monoisotopic (exact) mass is 321 g/mol. The number of nitrogens with zero attached hydrogens (tertiary/aromatic N) is 2. The minimum Gasteiger partial charge on any atom is -0.497 e. The molecule has 0 saturated carbocycles. The first-order valence-electron chi connectivity index (χ1n) is 8.06. The first-order valence-corrected chi connectivity index (χ1v) is 8.06. The lowest BCUT2D eigenvalue weighted by Gasteiger charge is -2.34. The van der Waals surface area contributed by atoms with Crippen molar-refractivity contribution in [3.63, 3.8) is 0 Å². The van der Waals surface area contributed by atoms with Crippen molar-refractivity contribution in [1.29, 1.82) is 0 Å². The molecule has 6 heteroatoms. The van der Waals surface area contributed by atoms with Crippen LogP contribution in [0.2, 0.25) is 0 Å². The van der Waals surface area contributed by atoms with Crippen LogP contribution in [0.15, 0.2) is 18.2 Å². The molecule has 2 rings (SSSR count). The van der Waals surface area contributed by atoms with Gasteiger partial charge in [0, 0.05) is 52.1 Å². The van der Waals surface area contributed by atoms with E-state index in [-0.39, 0.29) is 6.03 Å². The fourth-order valence-electron chi connectivity index (χ4n) is 2.70. The molecule has 0 bridgehead atoms. The Morgan fingerprint density at radius 2 is 1.96 bits per heavy atom. The number of amides is 2. The lowest BCUT2D eigenvalue weighted by Crippen LogP contribution is -2.50. The van der Waals surface area contributed by atoms with Crippen molar-refractivity contribution >= 4 is 11.7 Å². The number of hydrogen-bond acceptors (Lipinski definition) is 4. The SMILES string of the molecule is COCCCN1CCN(C(=O)Nc2ccc(OC)cc2C)CC1. The summed E-state index contributed by atoms with van der Waals surface area (Å²) in [5.41, 5.74) is 1.83. The van der Waals surface area contributed by atoms with Gasteiger partial charge in [-0.05, 0) is 37.1 Å². The zero-order valence-corrected chi connectivity index (χ0v) is 14.3. The van der Waals surface area contributed by atoms with Gasteiger partial charge in [0.2, 0.25) is 0 Å². The highest BCUT2D eigenvalue weighted by molar-refractivity contribution is 5.90. The largest absolute Gasteiger partial charge is 0.497 e. The van der Waals surface area contributed by atoms with Crippen LogP contribution in [0.5, 0.6) is 5.75 Å². The fraction of sp³-hybridized carbons (Fsp3) is 0.588. The van der Waals surface area contributed by atoms with Crippen molar-refractivity contribution in [2.45, 2.75) is 13.3 Å². The fourth-order valence-corrected chi connectivity index (χ4v) is 2.70. The van der Waals surface area contributed by atoms with Crippen LogP contribution in [0.4, 0.5) is 10.5 Å². The number of hydrogen-bond donors (Lipinski definition) is 1. The number of ether oxygens (including phenoxy) is 2. The Morgan fingerprint density at radius 1 is 1.22 bits per heavy atom. The molecular weight excluding hydrogens is 294 g/mol. The second-order valence-corrected chi connectivity index (χ2v) is 5.79. The van der Waals surface area contributed by atoms with E-state index in [0.29, 0.717) is 0 Å². The van der Waals surface area contributed by atoms with Crippen LogP contribution in [0, 0.1) is 6.92 Å². The topological polar surface area (TPSA) is 54.0 Å². The number of methoxy groups -OCH3 is 2. The molecule has 2 amide bonds. The highest BCUT2D eigenvalue weighted by Gasteiger charge is 2.21. The summed E-state index contributed by atoms with van der Waals surface area (Å²) in [4.78, 5) is 16.6. The summed E-state index contributed by atoms with van der Waals surface area (Å²) in [5.74, 6) is 0.796. The Balaban J connectivity index is 1.81. The van der Waals surface area contributed by atoms with E-state index in [9.17, 15) is 4.79 Å². The number of aryl methyl sites for hydroxylation is 1. The molecule has 1 aliphatic heterocycles. The van der Waals surface area contributed by atoms with E-state index >= 15 is 0 Å². The first-order chi connectivity index (χ1) is 11.1. The van der Waals surface area contributed by atoms with Gasteiger partial charge in [-0.3, -0.25) is 4.90 Å². The molecule has 1 aromatic rings. The molecule has 0 aromatic heterocycles. The molecule has 0 unspecified atom stereocenters. The highest BCUT2D eigenvalue weighted by atomic mass is 16.5. The molecule has 128 valence electrons. The number of carbonyl (C=O) groups excluding carboxylic acids is 1. The van der Waals surface area contributed by atoms with Crippen LogP contribution in [0.25, 0.3) is 0 Å². The van der Waals surface area contributed by atoms with Gasteiger partial charge in [-0.15, -0.1) is 0 Å². The van der Waals surface area contributed by atoms with E-state index in [0.717, 1.165) is 62.8 Å². The number of anilines is 1. The van der Waals surface area contributed by atoms with Crippen LogP contribution in [0.1, 0.15) is 12.0 Å². The van der Waals surface area contributed by atoms with E-state index in [4.69, 9.17) is 9.47 Å². The third kappa shape index (κ3) is 5.11. The van der Waals surface area contributed by atoms with Gasteiger partial charge >= 0.3 is 6.03 Å². The van der Waals surface area contributed by atoms with Gasteiger partial charge in [0.15, 0.2) is 0 Å². The molecule has 1 heterocycles. The van der Waals surface area contributed by atoms with Crippen molar-refractivity contribution in [2.24, 2.45) is 0 Å². The molecule has 1 saturated heterocycles. The quantitative estimate of drug-likeness (QED) is 0.816. The molecule has 0 radical (unpaired) electrons. The second-order valence-electron chi connectivity index (χ2n) is 5.79. The molecular formula is C17H27N3O3. The van der Waals surface area contributed by atoms with E-state index in [2.05, 4.69) is 10.2 Å². The first kappa shape index (κ1) is 17.6. The Hall–Kier alpha value is -1.79. The molecule has 1 aromatic carbocycles. The summed E-state index contributed by atoms with van der Waals surface area (Å²) in [6.45, 7) is 7.13. The number of benzene rings is 1. The van der Waals surface area contributed by atoms with Crippen molar-refractivity contribution < 1.29 is 14.3 Å². The number of rotatable bonds is 6. The summed E-state index contributed by atoms with van der Waals surface area (Å²) in [7, 11) is 3.36. The zero-order chi connectivity index (χ0) is 16.7. The van der Waals surface area contributed by atoms with Crippen molar-refractivity contribution in [3.8, 4) is 5.75 Å². The molecule has 0 spiro atoms. The highest BCUT2D eigenvalue weighted by Crippen LogP contribution is 2.21. The smallest absolute Gasteiger partial charge is 0.321 e. The zero-order valence-electron chi connectivity index (χ0n) is 14.3. The van der Waals surface area contributed by atoms with Gasteiger partial charge in [0.25, 0.3) is 0 Å². The standard InChI is InChI=1S/C17H27N3O3/c1-14-13-15(23-3)5-6-16(14)18-17(21)20-10-8-19(9-11-20)7-4-12-22-2/h5-6,13H,4,7-12H2,1-3H3,(H,18,21). The van der Waals surface area contributed by atoms with E-state index < -0.39 is 0 Å². The van der Waals surface area contributed by atoms with Crippen LogP contribution in [0.3, 0.4) is 0 Å². The predicted molar refractivity (Wildman–Crippen MR) is 91.3 cm³/mol. The van der Waals surface area contributed by atoms with Crippen LogP contribution < -0.4 is 10.1 Å². The summed E-state index contributed by atoms with van der Waals surface area (Å²) in [6.07, 6.45) is 1.04. The maximum Gasteiger partial charge on any atom is 0.321 e. The summed E-state index contributed by atoms with van der Waals surface area (Å²) >= 11 is 0. The lowest BCUT2D eigenvalue weighted by atomic mass is 10.2. The van der Waals surface area contributed by atoms with E-state index in [1.54, 1.807) is 14.2 Å². The van der Waals surface area contributed by atoms with Gasteiger partial charge in [0.05, 0.1) is 7.11 Å². The number of urea groups is 1. The Kier molecular flexibility index (Phi) is 6.67. The van der Waals surface area contributed by atoms with Gasteiger partial charge < -0.3 is 19.7 Å². The molecule has 0 atom stereocenters. The normalized spacial score (nSPS) is 15.5. The van der Waals surface area contributed by atoms with Crippen molar-refractivity contribution in [2.75, 3.05) is 58.9 Å². The van der Waals surface area contributed by atoms with Crippen LogP contribution in [-0.2, 0) is 4.74 Å². The van der Waals surface area contributed by atoms with Gasteiger partial charge in [-0.1, -0.05) is 0 Å². The molecule has 1 aliphatic rings. The molecule has 6 nitrogen and oxygen atoms in total.